The largest absolute Gasteiger partial charge is 0.325 e. The Morgan fingerprint density at radius 1 is 1.09 bits per heavy atom. The van der Waals surface area contributed by atoms with Gasteiger partial charge in [-0.1, -0.05) is 52.3 Å². The van der Waals surface area contributed by atoms with E-state index in [-0.39, 0.29) is 18.5 Å². The third-order valence-electron chi connectivity index (χ3n) is 4.21. The minimum Gasteiger partial charge on any atom is -0.319 e. The van der Waals surface area contributed by atoms with Gasteiger partial charge < -0.3 is 5.32 Å². The number of benzene rings is 2. The number of nitrogens with one attached hydrogen (secondary N) is 1. The first-order valence-corrected chi connectivity index (χ1v) is 8.16. The average molecular weight is 373 g/mol. The van der Waals surface area contributed by atoms with E-state index in [0.717, 1.165) is 21.2 Å². The molecule has 1 saturated heterocycles. The number of imide groups is 1. The molecule has 2 aromatic carbocycles. The molecule has 23 heavy (non-hydrogen) atoms. The Bertz CT molecular complexity index is 773. The number of rotatable bonds is 3. The van der Waals surface area contributed by atoms with Gasteiger partial charge in [0.25, 0.3) is 5.91 Å². The maximum Gasteiger partial charge on any atom is 0.325 e. The van der Waals surface area contributed by atoms with E-state index >= 15 is 0 Å². The number of hydrogen-bond acceptors (Lipinski definition) is 2. The summed E-state index contributed by atoms with van der Waals surface area (Å²) in [5.41, 5.74) is 1.70. The SMILES string of the molecule is Cc1ccccc1C1(C)NC(=O)N(Cc2ccc(Br)cc2)C1=O. The van der Waals surface area contributed by atoms with Gasteiger partial charge in [-0.3, -0.25) is 9.69 Å². The summed E-state index contributed by atoms with van der Waals surface area (Å²) in [7, 11) is 0. The second-order valence-electron chi connectivity index (χ2n) is 5.89. The number of hydrogen-bond donors (Lipinski definition) is 1. The van der Waals surface area contributed by atoms with E-state index in [0.29, 0.717) is 0 Å². The van der Waals surface area contributed by atoms with E-state index in [2.05, 4.69) is 21.2 Å². The predicted molar refractivity (Wildman–Crippen MR) is 91.8 cm³/mol. The van der Waals surface area contributed by atoms with Crippen LogP contribution < -0.4 is 5.32 Å². The average Bonchev–Trinajstić information content (AvgIpc) is 2.74. The van der Waals surface area contributed by atoms with Gasteiger partial charge in [0.05, 0.1) is 6.54 Å². The second-order valence-corrected chi connectivity index (χ2v) is 6.80. The monoisotopic (exact) mass is 372 g/mol. The highest BCUT2D eigenvalue weighted by Crippen LogP contribution is 2.31. The molecule has 1 aliphatic heterocycles. The number of aryl methyl sites for hydroxylation is 1. The van der Waals surface area contributed by atoms with Gasteiger partial charge in [0.1, 0.15) is 5.54 Å². The van der Waals surface area contributed by atoms with E-state index in [4.69, 9.17) is 0 Å². The van der Waals surface area contributed by atoms with Crippen molar-refractivity contribution in [3.8, 4) is 0 Å². The molecule has 2 aromatic rings. The lowest BCUT2D eigenvalue weighted by molar-refractivity contribution is -0.131. The first kappa shape index (κ1) is 15.7. The van der Waals surface area contributed by atoms with Gasteiger partial charge in [-0.15, -0.1) is 0 Å². The fraction of sp³-hybridized carbons (Fsp3) is 0.222. The van der Waals surface area contributed by atoms with Gasteiger partial charge in [-0.2, -0.15) is 0 Å². The Balaban J connectivity index is 1.91. The Morgan fingerprint density at radius 2 is 1.74 bits per heavy atom. The highest BCUT2D eigenvalue weighted by Gasteiger charge is 2.49. The molecule has 0 aromatic heterocycles. The minimum absolute atomic E-state index is 0.222. The van der Waals surface area contributed by atoms with Crippen molar-refractivity contribution in [3.05, 3.63) is 69.7 Å². The van der Waals surface area contributed by atoms with Crippen LogP contribution in [0.2, 0.25) is 0 Å². The molecule has 1 aliphatic rings. The third kappa shape index (κ3) is 2.77. The smallest absolute Gasteiger partial charge is 0.319 e. The van der Waals surface area contributed by atoms with Crippen molar-refractivity contribution in [2.45, 2.75) is 25.9 Å². The van der Waals surface area contributed by atoms with Crippen molar-refractivity contribution in [2.75, 3.05) is 0 Å². The summed E-state index contributed by atoms with van der Waals surface area (Å²) in [6, 6.07) is 14.9. The summed E-state index contributed by atoms with van der Waals surface area (Å²) < 4.78 is 0.961. The van der Waals surface area contributed by atoms with E-state index in [1.807, 2.05) is 55.5 Å². The molecule has 0 saturated carbocycles. The Labute approximate surface area is 143 Å². The lowest BCUT2D eigenvalue weighted by Gasteiger charge is -2.24. The molecule has 0 radical (unpaired) electrons. The van der Waals surface area contributed by atoms with Gasteiger partial charge in [-0.25, -0.2) is 4.79 Å². The molecule has 1 N–H and O–H groups in total. The van der Waals surface area contributed by atoms with Gasteiger partial charge in [-0.05, 0) is 42.7 Å². The zero-order chi connectivity index (χ0) is 16.6. The van der Waals surface area contributed by atoms with Crippen molar-refractivity contribution in [1.29, 1.82) is 0 Å². The predicted octanol–water partition coefficient (Wildman–Crippen LogP) is 3.72. The van der Waals surface area contributed by atoms with Crippen LogP contribution >= 0.6 is 15.9 Å². The van der Waals surface area contributed by atoms with Crippen LogP contribution in [0.4, 0.5) is 4.79 Å². The summed E-state index contributed by atoms with van der Waals surface area (Å²) in [6.45, 7) is 3.97. The van der Waals surface area contributed by atoms with Crippen molar-refractivity contribution < 1.29 is 9.59 Å². The van der Waals surface area contributed by atoms with E-state index < -0.39 is 5.54 Å². The summed E-state index contributed by atoms with van der Waals surface area (Å²) in [5.74, 6) is -0.222. The van der Waals surface area contributed by atoms with Crippen molar-refractivity contribution in [1.82, 2.24) is 10.2 Å². The summed E-state index contributed by atoms with van der Waals surface area (Å²) in [4.78, 5) is 26.5. The summed E-state index contributed by atoms with van der Waals surface area (Å²) >= 11 is 3.38. The van der Waals surface area contributed by atoms with Crippen LogP contribution in [0.3, 0.4) is 0 Å². The summed E-state index contributed by atoms with van der Waals surface area (Å²) in [5, 5.41) is 2.85. The van der Waals surface area contributed by atoms with Crippen LogP contribution in [0.15, 0.2) is 53.0 Å². The van der Waals surface area contributed by atoms with Crippen molar-refractivity contribution >= 4 is 27.9 Å². The molecule has 118 valence electrons. The van der Waals surface area contributed by atoms with Crippen LogP contribution in [0.1, 0.15) is 23.6 Å². The maximum atomic E-state index is 12.9. The molecule has 0 spiro atoms. The Kier molecular flexibility index (Phi) is 3.98. The van der Waals surface area contributed by atoms with Gasteiger partial charge in [0, 0.05) is 4.47 Å². The summed E-state index contributed by atoms with van der Waals surface area (Å²) in [6.07, 6.45) is 0. The molecule has 0 aliphatic carbocycles. The number of carbonyl (C=O) groups excluding carboxylic acids is 2. The Morgan fingerprint density at radius 3 is 2.39 bits per heavy atom. The maximum absolute atomic E-state index is 12.9. The fourth-order valence-electron chi connectivity index (χ4n) is 2.93. The normalized spacial score (nSPS) is 20.7. The Hall–Kier alpha value is -2.14. The first-order chi connectivity index (χ1) is 10.9. The van der Waals surface area contributed by atoms with Crippen LogP contribution in [0, 0.1) is 6.92 Å². The molecule has 1 atom stereocenters. The molecule has 3 rings (SSSR count). The molecule has 3 amide bonds. The van der Waals surface area contributed by atoms with Crippen molar-refractivity contribution in [3.63, 3.8) is 0 Å². The lowest BCUT2D eigenvalue weighted by atomic mass is 9.88. The minimum atomic E-state index is -1.02. The van der Waals surface area contributed by atoms with Crippen LogP contribution in [-0.4, -0.2) is 16.8 Å². The van der Waals surface area contributed by atoms with Gasteiger partial charge >= 0.3 is 6.03 Å². The van der Waals surface area contributed by atoms with Crippen LogP contribution in [0.25, 0.3) is 0 Å². The van der Waals surface area contributed by atoms with Crippen molar-refractivity contribution in [2.24, 2.45) is 0 Å². The third-order valence-corrected chi connectivity index (χ3v) is 4.74. The van der Waals surface area contributed by atoms with E-state index in [9.17, 15) is 9.59 Å². The number of nitrogens with zero attached hydrogens (tertiary/aromatic N) is 1. The standard InChI is InChI=1S/C18H17BrN2O2/c1-12-5-3-4-6-15(12)18(2)16(22)21(17(23)20-18)11-13-7-9-14(19)10-8-13/h3-10H,11H2,1-2H3,(H,20,23). The number of halogens is 1. The molecule has 1 fully saturated rings. The molecule has 1 unspecified atom stereocenters. The zero-order valence-electron chi connectivity index (χ0n) is 13.0. The first-order valence-electron chi connectivity index (χ1n) is 7.36. The fourth-order valence-corrected chi connectivity index (χ4v) is 3.19. The second kappa shape index (κ2) is 5.81. The molecule has 4 nitrogen and oxygen atoms in total. The quantitative estimate of drug-likeness (QED) is 0.834. The highest BCUT2D eigenvalue weighted by molar-refractivity contribution is 9.10. The topological polar surface area (TPSA) is 49.4 Å². The van der Waals surface area contributed by atoms with Gasteiger partial charge in [0.15, 0.2) is 0 Å². The van der Waals surface area contributed by atoms with E-state index in [1.165, 1.54) is 4.90 Å². The molecular weight excluding hydrogens is 356 g/mol. The molecular formula is C18H17BrN2O2. The lowest BCUT2D eigenvalue weighted by Crippen LogP contribution is -2.41. The van der Waals surface area contributed by atoms with Crippen LogP contribution in [0.5, 0.6) is 0 Å². The number of urea groups is 1. The van der Waals surface area contributed by atoms with Gasteiger partial charge in [0.2, 0.25) is 0 Å². The molecule has 5 heteroatoms. The zero-order valence-corrected chi connectivity index (χ0v) is 14.6. The highest BCUT2D eigenvalue weighted by atomic mass is 79.9. The number of amides is 3. The van der Waals surface area contributed by atoms with E-state index in [1.54, 1.807) is 6.92 Å². The van der Waals surface area contributed by atoms with Crippen LogP contribution in [-0.2, 0) is 16.9 Å². The number of carbonyl (C=O) groups is 2. The molecule has 0 bridgehead atoms. The molecule has 1 heterocycles.